The standard InChI is InChI=1S/C22H19BrN6O3/c1-28-11-9-19(26-28)21(30)24-16-3-2-4-17(13-16)25-22(31)20-10-12-29(27-20)14-32-18-7-5-15(23)6-8-18/h2-13H,14H2,1H3,(H,24,30)(H,25,31). The second-order valence-corrected chi connectivity index (χ2v) is 7.75. The molecule has 2 aromatic carbocycles. The molecule has 0 saturated heterocycles. The molecular weight excluding hydrogens is 476 g/mol. The Morgan fingerprint density at radius 1 is 0.906 bits per heavy atom. The molecule has 2 heterocycles. The summed E-state index contributed by atoms with van der Waals surface area (Å²) >= 11 is 3.37. The average Bonchev–Trinajstić information content (AvgIpc) is 3.43. The number of nitrogens with zero attached hydrogens (tertiary/aromatic N) is 4. The van der Waals surface area contributed by atoms with Crippen LogP contribution in [0.4, 0.5) is 11.4 Å². The van der Waals surface area contributed by atoms with E-state index in [0.29, 0.717) is 22.8 Å². The van der Waals surface area contributed by atoms with Crippen LogP contribution in [0.3, 0.4) is 0 Å². The molecule has 4 rings (SSSR count). The van der Waals surface area contributed by atoms with Crippen molar-refractivity contribution in [1.82, 2.24) is 19.6 Å². The molecule has 4 aromatic rings. The zero-order valence-electron chi connectivity index (χ0n) is 17.0. The van der Waals surface area contributed by atoms with Crippen molar-refractivity contribution in [2.45, 2.75) is 6.73 Å². The van der Waals surface area contributed by atoms with E-state index in [1.54, 1.807) is 60.5 Å². The summed E-state index contributed by atoms with van der Waals surface area (Å²) in [5.41, 5.74) is 1.60. The van der Waals surface area contributed by atoms with E-state index in [9.17, 15) is 9.59 Å². The summed E-state index contributed by atoms with van der Waals surface area (Å²) in [7, 11) is 1.74. The number of hydrogen-bond acceptors (Lipinski definition) is 5. The van der Waals surface area contributed by atoms with Crippen LogP contribution < -0.4 is 15.4 Å². The third-order valence-corrected chi connectivity index (χ3v) is 4.90. The van der Waals surface area contributed by atoms with Gasteiger partial charge in [0.2, 0.25) is 0 Å². The largest absolute Gasteiger partial charge is 0.471 e. The van der Waals surface area contributed by atoms with Crippen molar-refractivity contribution in [3.05, 3.63) is 88.9 Å². The number of amides is 2. The Balaban J connectivity index is 1.35. The number of ether oxygens (including phenoxy) is 1. The lowest BCUT2D eigenvalue weighted by atomic mass is 10.2. The second-order valence-electron chi connectivity index (χ2n) is 6.83. The Kier molecular flexibility index (Phi) is 6.31. The maximum absolute atomic E-state index is 12.6. The number of rotatable bonds is 7. The molecule has 2 aromatic heterocycles. The highest BCUT2D eigenvalue weighted by Crippen LogP contribution is 2.18. The van der Waals surface area contributed by atoms with Gasteiger partial charge in [0.05, 0.1) is 0 Å². The second kappa shape index (κ2) is 9.48. The summed E-state index contributed by atoms with van der Waals surface area (Å²) in [4.78, 5) is 24.8. The average molecular weight is 495 g/mol. The quantitative estimate of drug-likeness (QED) is 0.405. The van der Waals surface area contributed by atoms with Gasteiger partial charge in [0.15, 0.2) is 18.1 Å². The van der Waals surface area contributed by atoms with Gasteiger partial charge in [-0.2, -0.15) is 10.2 Å². The summed E-state index contributed by atoms with van der Waals surface area (Å²) in [5, 5.41) is 13.8. The molecule has 0 atom stereocenters. The normalized spacial score (nSPS) is 10.6. The van der Waals surface area contributed by atoms with Gasteiger partial charge in [-0.25, -0.2) is 4.68 Å². The molecule has 2 N–H and O–H groups in total. The highest BCUT2D eigenvalue weighted by Gasteiger charge is 2.12. The van der Waals surface area contributed by atoms with E-state index < -0.39 is 0 Å². The van der Waals surface area contributed by atoms with Crippen molar-refractivity contribution in [3.63, 3.8) is 0 Å². The fourth-order valence-corrected chi connectivity index (χ4v) is 3.09. The maximum Gasteiger partial charge on any atom is 0.276 e. The summed E-state index contributed by atoms with van der Waals surface area (Å²) in [6.07, 6.45) is 3.35. The Morgan fingerprint density at radius 3 is 2.16 bits per heavy atom. The van der Waals surface area contributed by atoms with E-state index >= 15 is 0 Å². The number of aromatic nitrogens is 4. The van der Waals surface area contributed by atoms with E-state index in [0.717, 1.165) is 4.47 Å². The van der Waals surface area contributed by atoms with Crippen LogP contribution in [0.2, 0.25) is 0 Å². The van der Waals surface area contributed by atoms with Crippen LogP contribution in [0.25, 0.3) is 0 Å². The number of aryl methyl sites for hydroxylation is 1. The van der Waals surface area contributed by atoms with Crippen LogP contribution in [-0.4, -0.2) is 31.4 Å². The van der Waals surface area contributed by atoms with Gasteiger partial charge >= 0.3 is 0 Å². The predicted molar refractivity (Wildman–Crippen MR) is 123 cm³/mol. The van der Waals surface area contributed by atoms with Crippen molar-refractivity contribution < 1.29 is 14.3 Å². The van der Waals surface area contributed by atoms with E-state index in [4.69, 9.17) is 4.74 Å². The zero-order valence-corrected chi connectivity index (χ0v) is 18.6. The van der Waals surface area contributed by atoms with Gasteiger partial charge < -0.3 is 15.4 Å². The Hall–Kier alpha value is -3.92. The van der Waals surface area contributed by atoms with Crippen molar-refractivity contribution in [3.8, 4) is 5.75 Å². The molecule has 0 spiro atoms. The number of hydrogen-bond donors (Lipinski definition) is 2. The van der Waals surface area contributed by atoms with Crippen molar-refractivity contribution in [2.75, 3.05) is 10.6 Å². The number of nitrogens with one attached hydrogen (secondary N) is 2. The molecule has 9 nitrogen and oxygen atoms in total. The first-order chi connectivity index (χ1) is 15.5. The molecular formula is C22H19BrN6O3. The topological polar surface area (TPSA) is 103 Å². The summed E-state index contributed by atoms with van der Waals surface area (Å²) in [5.74, 6) is -0.0153. The first-order valence-corrected chi connectivity index (χ1v) is 10.4. The van der Waals surface area contributed by atoms with Gasteiger partial charge in [-0.1, -0.05) is 22.0 Å². The van der Waals surface area contributed by atoms with Gasteiger partial charge in [0.25, 0.3) is 11.8 Å². The maximum atomic E-state index is 12.6. The molecule has 0 aliphatic carbocycles. The number of carbonyl (C=O) groups excluding carboxylic acids is 2. The Bertz CT molecular complexity index is 1250. The SMILES string of the molecule is Cn1ccc(C(=O)Nc2cccc(NC(=O)c3ccn(COc4ccc(Br)cc4)n3)c2)n1. The smallest absolute Gasteiger partial charge is 0.276 e. The minimum absolute atomic E-state index is 0.171. The molecule has 0 radical (unpaired) electrons. The minimum atomic E-state index is -0.374. The monoisotopic (exact) mass is 494 g/mol. The number of benzene rings is 2. The fraction of sp³-hybridized carbons (Fsp3) is 0.0909. The molecule has 2 amide bonds. The minimum Gasteiger partial charge on any atom is -0.471 e. The molecule has 10 heteroatoms. The molecule has 162 valence electrons. The third-order valence-electron chi connectivity index (χ3n) is 4.37. The lowest BCUT2D eigenvalue weighted by molar-refractivity contribution is 0.101. The summed E-state index contributed by atoms with van der Waals surface area (Å²) < 4.78 is 9.69. The van der Waals surface area contributed by atoms with Crippen molar-refractivity contribution >= 4 is 39.1 Å². The van der Waals surface area contributed by atoms with E-state index in [2.05, 4.69) is 36.8 Å². The Labute approximate surface area is 192 Å². The number of carbonyl (C=O) groups is 2. The fourth-order valence-electron chi connectivity index (χ4n) is 2.83. The molecule has 0 saturated carbocycles. The highest BCUT2D eigenvalue weighted by molar-refractivity contribution is 9.10. The van der Waals surface area contributed by atoms with Gasteiger partial charge in [-0.3, -0.25) is 14.3 Å². The molecule has 0 aliphatic heterocycles. The van der Waals surface area contributed by atoms with Crippen LogP contribution in [0, 0.1) is 0 Å². The van der Waals surface area contributed by atoms with E-state index in [1.807, 2.05) is 24.3 Å². The van der Waals surface area contributed by atoms with Gasteiger partial charge in [0.1, 0.15) is 5.75 Å². The van der Waals surface area contributed by atoms with Crippen LogP contribution >= 0.6 is 15.9 Å². The number of halogens is 1. The molecule has 0 fully saturated rings. The van der Waals surface area contributed by atoms with Crippen molar-refractivity contribution in [1.29, 1.82) is 0 Å². The van der Waals surface area contributed by atoms with Gasteiger partial charge in [0, 0.05) is 35.3 Å². The molecule has 32 heavy (non-hydrogen) atoms. The first-order valence-electron chi connectivity index (χ1n) is 9.60. The number of anilines is 2. The van der Waals surface area contributed by atoms with Crippen LogP contribution in [0.1, 0.15) is 21.0 Å². The zero-order chi connectivity index (χ0) is 22.5. The lowest BCUT2D eigenvalue weighted by Gasteiger charge is -2.08. The van der Waals surface area contributed by atoms with Crippen LogP contribution in [0.15, 0.2) is 77.5 Å². The van der Waals surface area contributed by atoms with Crippen LogP contribution in [-0.2, 0) is 13.8 Å². The summed E-state index contributed by atoms with van der Waals surface area (Å²) in [6.45, 7) is 0.171. The molecule has 0 bridgehead atoms. The van der Waals surface area contributed by atoms with Gasteiger partial charge in [-0.15, -0.1) is 0 Å². The summed E-state index contributed by atoms with van der Waals surface area (Å²) in [6, 6.07) is 17.5. The first kappa shape index (κ1) is 21.3. The predicted octanol–water partition coefficient (Wildman–Crippen LogP) is 3.92. The van der Waals surface area contributed by atoms with E-state index in [1.165, 1.54) is 4.68 Å². The van der Waals surface area contributed by atoms with Crippen LogP contribution in [0.5, 0.6) is 5.75 Å². The van der Waals surface area contributed by atoms with Gasteiger partial charge in [-0.05, 0) is 54.6 Å². The van der Waals surface area contributed by atoms with Crippen molar-refractivity contribution in [2.24, 2.45) is 7.05 Å². The molecule has 0 aliphatic rings. The third kappa shape index (κ3) is 5.41. The Morgan fingerprint density at radius 2 is 1.53 bits per heavy atom. The molecule has 0 unspecified atom stereocenters. The highest BCUT2D eigenvalue weighted by atomic mass is 79.9. The van der Waals surface area contributed by atoms with E-state index in [-0.39, 0.29) is 24.2 Å². The lowest BCUT2D eigenvalue weighted by Crippen LogP contribution is -2.15.